The highest BCUT2D eigenvalue weighted by Gasteiger charge is 2.31. The van der Waals surface area contributed by atoms with E-state index in [0.717, 1.165) is 6.42 Å². The highest BCUT2D eigenvalue weighted by Crippen LogP contribution is 2.12. The second-order valence-corrected chi connectivity index (χ2v) is 6.58. The Morgan fingerprint density at radius 2 is 1.75 bits per heavy atom. The van der Waals surface area contributed by atoms with Crippen LogP contribution in [0, 0.1) is 0 Å². The smallest absolute Gasteiger partial charge is 0.326 e. The number of aromatic hydroxyl groups is 1. The van der Waals surface area contributed by atoms with Gasteiger partial charge in [-0.2, -0.15) is 0 Å². The summed E-state index contributed by atoms with van der Waals surface area (Å²) in [7, 11) is 0. The lowest BCUT2D eigenvalue weighted by Crippen LogP contribution is -2.55. The van der Waals surface area contributed by atoms with Crippen LogP contribution in [-0.2, 0) is 25.6 Å². The number of carbonyl (C=O) groups is 4. The Labute approximate surface area is 160 Å². The minimum absolute atomic E-state index is 0.0180. The van der Waals surface area contributed by atoms with Crippen LogP contribution in [0.15, 0.2) is 24.3 Å². The highest BCUT2D eigenvalue weighted by molar-refractivity contribution is 5.94. The van der Waals surface area contributed by atoms with E-state index in [9.17, 15) is 29.4 Å². The van der Waals surface area contributed by atoms with E-state index in [1.807, 2.05) is 0 Å². The maximum absolute atomic E-state index is 12.5. The molecule has 0 aromatic heterocycles. The summed E-state index contributed by atoms with van der Waals surface area (Å²) >= 11 is 0. The zero-order valence-electron chi connectivity index (χ0n) is 15.1. The van der Waals surface area contributed by atoms with Gasteiger partial charge in [0.25, 0.3) is 0 Å². The molecule has 0 bridgehead atoms. The predicted molar refractivity (Wildman–Crippen MR) is 96.6 cm³/mol. The summed E-state index contributed by atoms with van der Waals surface area (Å²) in [6, 6.07) is 2.58. The number of amides is 2. The molecular formula is C18H23N3O7. The number of hydrogen-bond donors (Lipinski definition) is 6. The first-order valence-electron chi connectivity index (χ1n) is 8.83. The van der Waals surface area contributed by atoms with Gasteiger partial charge in [-0.05, 0) is 37.1 Å². The van der Waals surface area contributed by atoms with E-state index in [0.29, 0.717) is 18.5 Å². The van der Waals surface area contributed by atoms with E-state index in [-0.39, 0.29) is 12.2 Å². The van der Waals surface area contributed by atoms with Crippen LogP contribution >= 0.6 is 0 Å². The highest BCUT2D eigenvalue weighted by atomic mass is 16.4. The molecule has 3 atom stereocenters. The fraction of sp³-hybridized carbons (Fsp3) is 0.444. The Morgan fingerprint density at radius 3 is 2.29 bits per heavy atom. The summed E-state index contributed by atoms with van der Waals surface area (Å²) in [5.41, 5.74) is 0.555. The monoisotopic (exact) mass is 393 g/mol. The molecular weight excluding hydrogens is 370 g/mol. The summed E-state index contributed by atoms with van der Waals surface area (Å²) in [6.07, 6.45) is 0.628. The molecule has 1 saturated heterocycles. The van der Waals surface area contributed by atoms with Gasteiger partial charge < -0.3 is 31.3 Å². The van der Waals surface area contributed by atoms with Crippen LogP contribution in [0.3, 0.4) is 0 Å². The third kappa shape index (κ3) is 6.23. The number of phenols is 1. The number of aliphatic carboxylic acids is 2. The molecule has 0 aliphatic carbocycles. The van der Waals surface area contributed by atoms with E-state index < -0.39 is 48.3 Å². The SMILES string of the molecule is O=C(O)C[C@H](NC(=O)[C@@H]1CCCN1)C(=O)N[C@@H](Cc1ccc(O)cc1)C(=O)O. The van der Waals surface area contributed by atoms with Gasteiger partial charge in [-0.25, -0.2) is 4.79 Å². The number of carboxylic acids is 2. The van der Waals surface area contributed by atoms with E-state index in [1.165, 1.54) is 24.3 Å². The molecule has 2 amide bonds. The van der Waals surface area contributed by atoms with Crippen LogP contribution in [0.5, 0.6) is 5.75 Å². The third-order valence-corrected chi connectivity index (χ3v) is 4.38. The number of rotatable bonds is 9. The molecule has 1 aromatic carbocycles. The molecule has 1 aliphatic heterocycles. The lowest BCUT2D eigenvalue weighted by atomic mass is 10.0. The first-order valence-corrected chi connectivity index (χ1v) is 8.83. The minimum atomic E-state index is -1.39. The third-order valence-electron chi connectivity index (χ3n) is 4.38. The lowest BCUT2D eigenvalue weighted by molar-refractivity contribution is -0.143. The largest absolute Gasteiger partial charge is 0.508 e. The van der Waals surface area contributed by atoms with Crippen LogP contribution in [0.2, 0.25) is 0 Å². The maximum Gasteiger partial charge on any atom is 0.326 e. The zero-order chi connectivity index (χ0) is 20.7. The second kappa shape index (κ2) is 9.70. The Hall–Kier alpha value is -3.14. The summed E-state index contributed by atoms with van der Waals surface area (Å²) in [5.74, 6) is -3.97. The molecule has 152 valence electrons. The Balaban J connectivity index is 2.05. The first-order chi connectivity index (χ1) is 13.3. The topological polar surface area (TPSA) is 165 Å². The Bertz CT molecular complexity index is 729. The number of hydrogen-bond acceptors (Lipinski definition) is 6. The summed E-state index contributed by atoms with van der Waals surface area (Å²) in [4.78, 5) is 47.3. The van der Waals surface area contributed by atoms with Gasteiger partial charge >= 0.3 is 11.9 Å². The molecule has 2 rings (SSSR count). The number of benzene rings is 1. The van der Waals surface area contributed by atoms with Crippen LogP contribution in [-0.4, -0.2) is 63.7 Å². The van der Waals surface area contributed by atoms with Crippen molar-refractivity contribution in [3.63, 3.8) is 0 Å². The molecule has 28 heavy (non-hydrogen) atoms. The summed E-state index contributed by atoms with van der Waals surface area (Å²) in [6.45, 7) is 0.654. The van der Waals surface area contributed by atoms with Gasteiger partial charge in [0.15, 0.2) is 0 Å². The van der Waals surface area contributed by atoms with Gasteiger partial charge in [0.05, 0.1) is 12.5 Å². The van der Waals surface area contributed by atoms with Crippen molar-refractivity contribution in [3.05, 3.63) is 29.8 Å². The first kappa shape index (κ1) is 21.2. The van der Waals surface area contributed by atoms with E-state index in [1.54, 1.807) is 0 Å². The van der Waals surface area contributed by atoms with Crippen molar-refractivity contribution in [3.8, 4) is 5.75 Å². The van der Waals surface area contributed by atoms with Crippen molar-refractivity contribution in [1.82, 2.24) is 16.0 Å². The standard InChI is InChI=1S/C18H23N3O7/c22-11-5-3-10(4-6-11)8-14(18(27)28)21-17(26)13(9-15(23)24)20-16(25)12-2-1-7-19-12/h3-6,12-14,19,22H,1-2,7-9H2,(H,20,25)(H,21,26)(H,23,24)(H,27,28)/t12-,13-,14-/m0/s1. The van der Waals surface area contributed by atoms with Crippen molar-refractivity contribution < 1.29 is 34.5 Å². The van der Waals surface area contributed by atoms with Crippen molar-refractivity contribution >= 4 is 23.8 Å². The molecule has 6 N–H and O–H groups in total. The van der Waals surface area contributed by atoms with Gasteiger partial charge in [0.2, 0.25) is 11.8 Å². The van der Waals surface area contributed by atoms with Gasteiger partial charge in [-0.3, -0.25) is 14.4 Å². The molecule has 1 heterocycles. The van der Waals surface area contributed by atoms with Gasteiger partial charge in [-0.15, -0.1) is 0 Å². The predicted octanol–water partition coefficient (Wildman–Crippen LogP) is -0.784. The number of nitrogens with one attached hydrogen (secondary N) is 3. The maximum atomic E-state index is 12.5. The fourth-order valence-corrected chi connectivity index (χ4v) is 2.90. The average molecular weight is 393 g/mol. The van der Waals surface area contributed by atoms with E-state index in [2.05, 4.69) is 16.0 Å². The van der Waals surface area contributed by atoms with Crippen molar-refractivity contribution in [1.29, 1.82) is 0 Å². The van der Waals surface area contributed by atoms with Gasteiger partial charge in [0.1, 0.15) is 17.8 Å². The van der Waals surface area contributed by atoms with E-state index >= 15 is 0 Å². The van der Waals surface area contributed by atoms with Crippen LogP contribution < -0.4 is 16.0 Å². The molecule has 0 radical (unpaired) electrons. The normalized spacial score (nSPS) is 18.1. The molecule has 0 saturated carbocycles. The zero-order valence-corrected chi connectivity index (χ0v) is 15.1. The van der Waals surface area contributed by atoms with Crippen molar-refractivity contribution in [2.45, 2.75) is 43.8 Å². The number of phenolic OH excluding ortho intramolecular Hbond substituents is 1. The lowest BCUT2D eigenvalue weighted by Gasteiger charge is -2.22. The number of carboxylic acid groups (broad SMARTS) is 2. The average Bonchev–Trinajstić information content (AvgIpc) is 3.16. The Morgan fingerprint density at radius 1 is 1.07 bits per heavy atom. The quantitative estimate of drug-likeness (QED) is 0.318. The molecule has 0 spiro atoms. The van der Waals surface area contributed by atoms with Gasteiger partial charge in [0, 0.05) is 6.42 Å². The van der Waals surface area contributed by atoms with Crippen molar-refractivity contribution in [2.24, 2.45) is 0 Å². The van der Waals surface area contributed by atoms with Crippen LogP contribution in [0.4, 0.5) is 0 Å². The second-order valence-electron chi connectivity index (χ2n) is 6.58. The van der Waals surface area contributed by atoms with Crippen molar-refractivity contribution in [2.75, 3.05) is 6.54 Å². The molecule has 1 aromatic rings. The summed E-state index contributed by atoms with van der Waals surface area (Å²) in [5, 5.41) is 35.3. The molecule has 10 nitrogen and oxygen atoms in total. The van der Waals surface area contributed by atoms with Gasteiger partial charge in [-0.1, -0.05) is 12.1 Å². The van der Waals surface area contributed by atoms with Crippen LogP contribution in [0.25, 0.3) is 0 Å². The molecule has 1 aliphatic rings. The molecule has 1 fully saturated rings. The summed E-state index contributed by atoms with van der Waals surface area (Å²) < 4.78 is 0. The van der Waals surface area contributed by atoms with Crippen LogP contribution in [0.1, 0.15) is 24.8 Å². The number of carbonyl (C=O) groups excluding carboxylic acids is 2. The Kier molecular flexibility index (Phi) is 7.33. The molecule has 0 unspecified atom stereocenters. The minimum Gasteiger partial charge on any atom is -0.508 e. The van der Waals surface area contributed by atoms with E-state index in [4.69, 9.17) is 5.11 Å². The molecule has 10 heteroatoms. The fourth-order valence-electron chi connectivity index (χ4n) is 2.90.